The molecule has 1 aliphatic carbocycles. The molecule has 0 spiro atoms. The first-order valence-electron chi connectivity index (χ1n) is 5.43. The predicted octanol–water partition coefficient (Wildman–Crippen LogP) is 2.96. The molecule has 2 atom stereocenters. The minimum Gasteiger partial charge on any atom is -0.397 e. The van der Waals surface area contributed by atoms with Crippen molar-refractivity contribution in [2.24, 2.45) is 0 Å². The number of hydrogen-bond donors (Lipinski definition) is 2. The molecule has 0 heterocycles. The highest BCUT2D eigenvalue weighted by molar-refractivity contribution is 7.99. The van der Waals surface area contributed by atoms with Crippen LogP contribution in [-0.2, 0) is 0 Å². The van der Waals surface area contributed by atoms with Crippen LogP contribution in [0.3, 0.4) is 0 Å². The third kappa shape index (κ3) is 2.59. The van der Waals surface area contributed by atoms with Gasteiger partial charge in [-0.3, -0.25) is 0 Å². The van der Waals surface area contributed by atoms with Crippen LogP contribution in [-0.4, -0.2) is 17.5 Å². The van der Waals surface area contributed by atoms with E-state index in [1.807, 2.05) is 30.0 Å². The number of benzene rings is 1. The van der Waals surface area contributed by atoms with Gasteiger partial charge < -0.3 is 11.1 Å². The van der Waals surface area contributed by atoms with E-state index < -0.39 is 0 Å². The first-order chi connectivity index (χ1) is 7.29. The lowest BCUT2D eigenvalue weighted by Gasteiger charge is -2.15. The van der Waals surface area contributed by atoms with Crippen molar-refractivity contribution in [1.82, 2.24) is 0 Å². The fourth-order valence-corrected chi connectivity index (χ4v) is 2.93. The largest absolute Gasteiger partial charge is 0.397 e. The molecule has 0 aliphatic heterocycles. The van der Waals surface area contributed by atoms with E-state index in [1.54, 1.807) is 0 Å². The van der Waals surface area contributed by atoms with Crippen molar-refractivity contribution >= 4 is 23.1 Å². The molecule has 2 rings (SSSR count). The first kappa shape index (κ1) is 10.7. The van der Waals surface area contributed by atoms with Crippen molar-refractivity contribution < 1.29 is 0 Å². The molecule has 0 saturated heterocycles. The number of thioether (sulfide) groups is 1. The van der Waals surface area contributed by atoms with Crippen molar-refractivity contribution in [3.8, 4) is 0 Å². The topological polar surface area (TPSA) is 38.0 Å². The molecule has 3 heteroatoms. The van der Waals surface area contributed by atoms with E-state index in [0.717, 1.165) is 16.6 Å². The molecule has 82 valence electrons. The summed E-state index contributed by atoms with van der Waals surface area (Å²) in [7, 11) is 0. The summed E-state index contributed by atoms with van der Waals surface area (Å²) in [6.45, 7) is 0. The maximum atomic E-state index is 5.90. The summed E-state index contributed by atoms with van der Waals surface area (Å²) in [5.74, 6) is 0. The lowest BCUT2D eigenvalue weighted by molar-refractivity contribution is 0.757. The summed E-state index contributed by atoms with van der Waals surface area (Å²) >= 11 is 1.98. The molecule has 0 aromatic heterocycles. The second-order valence-electron chi connectivity index (χ2n) is 4.10. The zero-order chi connectivity index (χ0) is 10.7. The van der Waals surface area contributed by atoms with Crippen LogP contribution in [0.4, 0.5) is 11.4 Å². The highest BCUT2D eigenvalue weighted by Crippen LogP contribution is 2.31. The van der Waals surface area contributed by atoms with Gasteiger partial charge in [0.25, 0.3) is 0 Å². The Balaban J connectivity index is 1.96. The van der Waals surface area contributed by atoms with Gasteiger partial charge in [0.15, 0.2) is 0 Å². The Kier molecular flexibility index (Phi) is 3.41. The molecule has 0 bridgehead atoms. The van der Waals surface area contributed by atoms with Crippen molar-refractivity contribution in [2.45, 2.75) is 30.6 Å². The summed E-state index contributed by atoms with van der Waals surface area (Å²) in [6.07, 6.45) is 6.05. The van der Waals surface area contributed by atoms with Gasteiger partial charge in [-0.05, 0) is 37.7 Å². The van der Waals surface area contributed by atoms with E-state index in [0.29, 0.717) is 6.04 Å². The number of nitrogens with two attached hydrogens (primary N) is 1. The third-order valence-corrected chi connectivity index (χ3v) is 4.13. The Morgan fingerprint density at radius 3 is 2.80 bits per heavy atom. The van der Waals surface area contributed by atoms with Crippen LogP contribution in [0.5, 0.6) is 0 Å². The molecule has 1 saturated carbocycles. The Hall–Kier alpha value is -0.830. The zero-order valence-electron chi connectivity index (χ0n) is 9.07. The Morgan fingerprint density at radius 2 is 2.13 bits per heavy atom. The van der Waals surface area contributed by atoms with E-state index in [-0.39, 0.29) is 0 Å². The van der Waals surface area contributed by atoms with Gasteiger partial charge in [0.2, 0.25) is 0 Å². The van der Waals surface area contributed by atoms with E-state index >= 15 is 0 Å². The number of nitrogen functional groups attached to an aromatic ring is 1. The van der Waals surface area contributed by atoms with Gasteiger partial charge in [0, 0.05) is 11.3 Å². The Labute approximate surface area is 95.6 Å². The van der Waals surface area contributed by atoms with Gasteiger partial charge in [-0.2, -0.15) is 11.8 Å². The first-order valence-corrected chi connectivity index (χ1v) is 6.72. The summed E-state index contributed by atoms with van der Waals surface area (Å²) in [4.78, 5) is 0. The number of para-hydroxylation sites is 2. The number of anilines is 2. The maximum Gasteiger partial charge on any atom is 0.0576 e. The van der Waals surface area contributed by atoms with E-state index in [9.17, 15) is 0 Å². The molecule has 1 aromatic carbocycles. The molecule has 0 radical (unpaired) electrons. The molecule has 0 amide bonds. The molecule has 1 aliphatic rings. The van der Waals surface area contributed by atoms with Gasteiger partial charge in [0.05, 0.1) is 11.4 Å². The molecule has 3 N–H and O–H groups in total. The quantitative estimate of drug-likeness (QED) is 0.772. The second-order valence-corrected chi connectivity index (χ2v) is 5.24. The molecule has 2 unspecified atom stereocenters. The van der Waals surface area contributed by atoms with E-state index in [1.165, 1.54) is 19.3 Å². The minimum absolute atomic E-state index is 0.604. The molecule has 2 nitrogen and oxygen atoms in total. The van der Waals surface area contributed by atoms with Gasteiger partial charge in [-0.25, -0.2) is 0 Å². The lowest BCUT2D eigenvalue weighted by atomic mass is 10.2. The number of rotatable bonds is 3. The number of nitrogens with one attached hydrogen (secondary N) is 1. The van der Waals surface area contributed by atoms with Gasteiger partial charge in [0.1, 0.15) is 0 Å². The van der Waals surface area contributed by atoms with Crippen LogP contribution in [0.15, 0.2) is 24.3 Å². The maximum absolute atomic E-state index is 5.90. The van der Waals surface area contributed by atoms with Crippen molar-refractivity contribution in [1.29, 1.82) is 0 Å². The van der Waals surface area contributed by atoms with Crippen LogP contribution in [0.2, 0.25) is 0 Å². The second kappa shape index (κ2) is 4.79. The fourth-order valence-electron chi connectivity index (χ4n) is 2.13. The van der Waals surface area contributed by atoms with Crippen LogP contribution < -0.4 is 11.1 Å². The summed E-state index contributed by atoms with van der Waals surface area (Å²) in [5.41, 5.74) is 7.84. The highest BCUT2D eigenvalue weighted by Gasteiger charge is 2.23. The SMILES string of the molecule is CSC1CCC(Nc2ccccc2N)C1. The summed E-state index contributed by atoms with van der Waals surface area (Å²) in [5, 5.41) is 4.36. The highest BCUT2D eigenvalue weighted by atomic mass is 32.2. The summed E-state index contributed by atoms with van der Waals surface area (Å²) in [6, 6.07) is 8.61. The third-order valence-electron chi connectivity index (χ3n) is 3.04. The fraction of sp³-hybridized carbons (Fsp3) is 0.500. The van der Waals surface area contributed by atoms with Crippen LogP contribution in [0.1, 0.15) is 19.3 Å². The average Bonchev–Trinajstić information content (AvgIpc) is 2.69. The molecule has 15 heavy (non-hydrogen) atoms. The van der Waals surface area contributed by atoms with Gasteiger partial charge in [-0.15, -0.1) is 0 Å². The van der Waals surface area contributed by atoms with Crippen LogP contribution in [0.25, 0.3) is 0 Å². The molecular formula is C12H18N2S. The number of hydrogen-bond acceptors (Lipinski definition) is 3. The Bertz CT molecular complexity index is 327. The Morgan fingerprint density at radius 1 is 1.33 bits per heavy atom. The monoisotopic (exact) mass is 222 g/mol. The molecule has 1 aromatic rings. The molecular weight excluding hydrogens is 204 g/mol. The smallest absolute Gasteiger partial charge is 0.0576 e. The van der Waals surface area contributed by atoms with Crippen LogP contribution >= 0.6 is 11.8 Å². The standard InChI is InChI=1S/C12H18N2S/c1-15-10-7-6-9(8-10)14-12-5-3-2-4-11(12)13/h2-5,9-10,14H,6-8,13H2,1H3. The van der Waals surface area contributed by atoms with E-state index in [4.69, 9.17) is 5.73 Å². The minimum atomic E-state index is 0.604. The molecule has 1 fully saturated rings. The normalized spacial score (nSPS) is 25.4. The zero-order valence-corrected chi connectivity index (χ0v) is 9.89. The lowest BCUT2D eigenvalue weighted by Crippen LogP contribution is -2.16. The predicted molar refractivity (Wildman–Crippen MR) is 69.4 cm³/mol. The van der Waals surface area contributed by atoms with Crippen molar-refractivity contribution in [2.75, 3.05) is 17.3 Å². The average molecular weight is 222 g/mol. The van der Waals surface area contributed by atoms with Crippen molar-refractivity contribution in [3.63, 3.8) is 0 Å². The van der Waals surface area contributed by atoms with E-state index in [2.05, 4.69) is 17.6 Å². The van der Waals surface area contributed by atoms with Gasteiger partial charge in [-0.1, -0.05) is 12.1 Å². The van der Waals surface area contributed by atoms with Crippen molar-refractivity contribution in [3.05, 3.63) is 24.3 Å². The van der Waals surface area contributed by atoms with Gasteiger partial charge >= 0.3 is 0 Å². The van der Waals surface area contributed by atoms with Crippen LogP contribution in [0, 0.1) is 0 Å². The summed E-state index contributed by atoms with van der Waals surface area (Å²) < 4.78 is 0.